The fraction of sp³-hybridized carbons (Fsp3) is 0.438. The first-order valence-electron chi connectivity index (χ1n) is 7.38. The molecular formula is C16H19N3S. The van der Waals surface area contributed by atoms with Gasteiger partial charge in [0.25, 0.3) is 0 Å². The minimum absolute atomic E-state index is 0.674. The van der Waals surface area contributed by atoms with Gasteiger partial charge in [-0.1, -0.05) is 36.8 Å². The molecule has 4 heteroatoms. The summed E-state index contributed by atoms with van der Waals surface area (Å²) in [7, 11) is 0. The average Bonchev–Trinajstić information content (AvgIpc) is 3.12. The molecule has 2 N–H and O–H groups in total. The number of rotatable bonds is 2. The van der Waals surface area contributed by atoms with E-state index in [1.54, 1.807) is 11.5 Å². The summed E-state index contributed by atoms with van der Waals surface area (Å²) in [4.78, 5) is 2.52. The number of nitrogens with two attached hydrogens (primary N) is 1. The van der Waals surface area contributed by atoms with Crippen molar-refractivity contribution in [3.63, 3.8) is 0 Å². The largest absolute Gasteiger partial charge is 0.382 e. The summed E-state index contributed by atoms with van der Waals surface area (Å²) in [5, 5.41) is 1.27. The second kappa shape index (κ2) is 4.77. The molecule has 1 saturated carbocycles. The molecule has 4 rings (SSSR count). The number of anilines is 2. The number of nitrogen functional groups attached to an aromatic ring is 1. The smallest absolute Gasteiger partial charge is 0.147 e. The van der Waals surface area contributed by atoms with Gasteiger partial charge >= 0.3 is 0 Å². The number of nitrogens with zero attached hydrogens (tertiary/aromatic N) is 2. The molecule has 2 unspecified atom stereocenters. The Balaban J connectivity index is 1.70. The van der Waals surface area contributed by atoms with Gasteiger partial charge in [-0.15, -0.1) is 0 Å². The predicted molar refractivity (Wildman–Crippen MR) is 85.0 cm³/mol. The first-order valence-corrected chi connectivity index (χ1v) is 8.16. The Labute approximate surface area is 123 Å². The van der Waals surface area contributed by atoms with Crippen molar-refractivity contribution in [2.24, 2.45) is 11.8 Å². The molecule has 1 aliphatic carbocycles. The van der Waals surface area contributed by atoms with Gasteiger partial charge in [-0.3, -0.25) is 0 Å². The van der Waals surface area contributed by atoms with E-state index in [2.05, 4.69) is 33.5 Å². The van der Waals surface area contributed by atoms with Crippen molar-refractivity contribution < 1.29 is 0 Å². The highest BCUT2D eigenvalue weighted by Gasteiger charge is 2.37. The van der Waals surface area contributed by atoms with Crippen molar-refractivity contribution in [2.75, 3.05) is 23.7 Å². The van der Waals surface area contributed by atoms with Gasteiger partial charge in [-0.25, -0.2) is 0 Å². The van der Waals surface area contributed by atoms with Crippen LogP contribution in [0.5, 0.6) is 0 Å². The molecule has 3 nitrogen and oxygen atoms in total. The number of aromatic nitrogens is 1. The van der Waals surface area contributed by atoms with Gasteiger partial charge < -0.3 is 10.6 Å². The van der Waals surface area contributed by atoms with E-state index in [9.17, 15) is 0 Å². The van der Waals surface area contributed by atoms with Gasteiger partial charge in [0.15, 0.2) is 0 Å². The lowest BCUT2D eigenvalue weighted by atomic mass is 10.0. The van der Waals surface area contributed by atoms with Crippen LogP contribution >= 0.6 is 11.5 Å². The Kier molecular flexibility index (Phi) is 2.91. The van der Waals surface area contributed by atoms with Crippen LogP contribution in [0.15, 0.2) is 30.3 Å². The van der Waals surface area contributed by atoms with E-state index in [4.69, 9.17) is 5.73 Å². The second-order valence-electron chi connectivity index (χ2n) is 5.97. The first kappa shape index (κ1) is 12.2. The second-order valence-corrected chi connectivity index (χ2v) is 6.72. The number of hydrogen-bond acceptors (Lipinski definition) is 4. The van der Waals surface area contributed by atoms with Crippen LogP contribution in [0.3, 0.4) is 0 Å². The van der Waals surface area contributed by atoms with Crippen LogP contribution < -0.4 is 10.6 Å². The summed E-state index contributed by atoms with van der Waals surface area (Å²) < 4.78 is 4.41. The Morgan fingerprint density at radius 3 is 2.50 bits per heavy atom. The van der Waals surface area contributed by atoms with E-state index in [1.807, 2.05) is 6.07 Å². The summed E-state index contributed by atoms with van der Waals surface area (Å²) >= 11 is 1.56. The predicted octanol–water partition coefficient (Wildman–Crippen LogP) is 3.63. The van der Waals surface area contributed by atoms with Gasteiger partial charge in [-0.2, -0.15) is 4.37 Å². The van der Waals surface area contributed by atoms with Gasteiger partial charge in [-0.05, 0) is 41.8 Å². The third-order valence-electron chi connectivity index (χ3n) is 4.78. The molecule has 1 aromatic carbocycles. The maximum absolute atomic E-state index is 6.13. The van der Waals surface area contributed by atoms with Gasteiger partial charge in [0.2, 0.25) is 0 Å². The van der Waals surface area contributed by atoms with Crippen LogP contribution in [0.25, 0.3) is 11.1 Å². The van der Waals surface area contributed by atoms with Crippen LogP contribution in [-0.2, 0) is 0 Å². The molecule has 20 heavy (non-hydrogen) atoms. The molecule has 2 heterocycles. The number of benzene rings is 1. The molecule has 2 aliphatic rings. The summed E-state index contributed by atoms with van der Waals surface area (Å²) in [6.07, 6.45) is 4.21. The average molecular weight is 285 g/mol. The normalized spacial score (nSPS) is 25.1. The lowest BCUT2D eigenvalue weighted by Crippen LogP contribution is -2.20. The lowest BCUT2D eigenvalue weighted by Gasteiger charge is -2.19. The lowest BCUT2D eigenvalue weighted by molar-refractivity contribution is 0.494. The monoisotopic (exact) mass is 285 g/mol. The quantitative estimate of drug-likeness (QED) is 0.916. The molecule has 2 atom stereocenters. The topological polar surface area (TPSA) is 42.1 Å². The highest BCUT2D eigenvalue weighted by molar-refractivity contribution is 7.11. The Morgan fingerprint density at radius 1 is 1.10 bits per heavy atom. The highest BCUT2D eigenvalue weighted by atomic mass is 32.1. The Bertz CT molecular complexity index is 595. The number of hydrogen-bond donors (Lipinski definition) is 1. The molecule has 0 amide bonds. The van der Waals surface area contributed by atoms with Crippen LogP contribution in [0.2, 0.25) is 0 Å². The zero-order chi connectivity index (χ0) is 13.5. The third kappa shape index (κ3) is 1.90. The zero-order valence-electron chi connectivity index (χ0n) is 11.5. The minimum atomic E-state index is 0.674. The van der Waals surface area contributed by atoms with E-state index < -0.39 is 0 Å². The van der Waals surface area contributed by atoms with Crippen LogP contribution in [0, 0.1) is 11.8 Å². The number of fused-ring (bicyclic) bond motifs is 1. The van der Waals surface area contributed by atoms with Crippen LogP contribution in [-0.4, -0.2) is 17.5 Å². The van der Waals surface area contributed by atoms with Gasteiger partial charge in [0.1, 0.15) is 10.8 Å². The highest BCUT2D eigenvalue weighted by Crippen LogP contribution is 2.45. The van der Waals surface area contributed by atoms with Crippen molar-refractivity contribution in [2.45, 2.75) is 19.3 Å². The van der Waals surface area contributed by atoms with Crippen LogP contribution in [0.4, 0.5) is 10.8 Å². The van der Waals surface area contributed by atoms with Crippen molar-refractivity contribution in [1.82, 2.24) is 4.37 Å². The molecule has 104 valence electrons. The minimum Gasteiger partial charge on any atom is -0.382 e. The maximum Gasteiger partial charge on any atom is 0.147 e. The summed E-state index contributed by atoms with van der Waals surface area (Å²) in [5.74, 6) is 2.46. The molecule has 2 aromatic rings. The summed E-state index contributed by atoms with van der Waals surface area (Å²) in [6, 6.07) is 10.4. The van der Waals surface area contributed by atoms with Gasteiger partial charge in [0.05, 0.1) is 5.56 Å². The molecule has 0 spiro atoms. The van der Waals surface area contributed by atoms with Crippen molar-refractivity contribution in [1.29, 1.82) is 0 Å². The maximum atomic E-state index is 6.13. The molecule has 1 aliphatic heterocycles. The summed E-state index contributed by atoms with van der Waals surface area (Å²) in [6.45, 7) is 2.37. The van der Waals surface area contributed by atoms with Crippen molar-refractivity contribution in [3.8, 4) is 11.1 Å². The van der Waals surface area contributed by atoms with E-state index in [0.717, 1.165) is 17.4 Å². The standard InChI is InChI=1S/C16H19N3S/c17-15-14(11-5-2-1-3-6-11)16(20-18-15)19-9-12-7-4-8-13(12)10-19/h1-3,5-6,12-13H,4,7-10H2,(H2,17,18). The van der Waals surface area contributed by atoms with E-state index >= 15 is 0 Å². The summed E-state index contributed by atoms with van der Waals surface area (Å²) in [5.41, 5.74) is 8.45. The molecular weight excluding hydrogens is 266 g/mol. The van der Waals surface area contributed by atoms with E-state index in [-0.39, 0.29) is 0 Å². The zero-order valence-corrected chi connectivity index (χ0v) is 12.3. The van der Waals surface area contributed by atoms with E-state index in [0.29, 0.717) is 5.82 Å². The fourth-order valence-corrected chi connectivity index (χ4v) is 4.64. The van der Waals surface area contributed by atoms with Crippen molar-refractivity contribution >= 4 is 22.4 Å². The molecule has 1 saturated heterocycles. The third-order valence-corrected chi connectivity index (χ3v) is 5.70. The van der Waals surface area contributed by atoms with Crippen molar-refractivity contribution in [3.05, 3.63) is 30.3 Å². The Morgan fingerprint density at radius 2 is 1.80 bits per heavy atom. The molecule has 1 aromatic heterocycles. The Hall–Kier alpha value is -1.55. The van der Waals surface area contributed by atoms with Crippen LogP contribution in [0.1, 0.15) is 19.3 Å². The molecule has 0 radical (unpaired) electrons. The fourth-order valence-electron chi connectivity index (χ4n) is 3.79. The first-order chi connectivity index (χ1) is 9.83. The molecule has 0 bridgehead atoms. The SMILES string of the molecule is Nc1nsc(N2CC3CCCC3C2)c1-c1ccccc1. The van der Waals surface area contributed by atoms with Gasteiger partial charge in [0, 0.05) is 13.1 Å². The molecule has 2 fully saturated rings. The van der Waals surface area contributed by atoms with E-state index in [1.165, 1.54) is 42.9 Å².